The Hall–Kier alpha value is -0.570. The summed E-state index contributed by atoms with van der Waals surface area (Å²) in [6.45, 7) is 6.75. The smallest absolute Gasteiger partial charge is 0.223 e. The maximum atomic E-state index is 12.3. The second-order valence-corrected chi connectivity index (χ2v) is 7.26. The van der Waals surface area contributed by atoms with Crippen LogP contribution < -0.4 is 11.1 Å². The van der Waals surface area contributed by atoms with Crippen molar-refractivity contribution >= 4 is 5.91 Å². The Morgan fingerprint density at radius 3 is 2.56 bits per heavy atom. The van der Waals surface area contributed by atoms with E-state index in [2.05, 4.69) is 26.1 Å². The molecule has 0 saturated heterocycles. The molecule has 0 radical (unpaired) electrons. The number of nitrogens with one attached hydrogen (secondary N) is 1. The second kappa shape index (κ2) is 5.20. The van der Waals surface area contributed by atoms with E-state index in [0.29, 0.717) is 23.4 Å². The number of rotatable bonds is 2. The predicted molar refractivity (Wildman–Crippen MR) is 74.0 cm³/mol. The molecule has 0 heterocycles. The topological polar surface area (TPSA) is 55.1 Å². The molecule has 4 unspecified atom stereocenters. The van der Waals surface area contributed by atoms with Crippen LogP contribution in [0.3, 0.4) is 0 Å². The largest absolute Gasteiger partial charge is 0.353 e. The van der Waals surface area contributed by atoms with Crippen molar-refractivity contribution in [2.24, 2.45) is 23.0 Å². The van der Waals surface area contributed by atoms with Crippen LogP contribution in [-0.4, -0.2) is 18.0 Å². The molecule has 1 amide bonds. The van der Waals surface area contributed by atoms with Gasteiger partial charge >= 0.3 is 0 Å². The molecule has 0 aromatic heterocycles. The minimum absolute atomic E-state index is 0.198. The van der Waals surface area contributed by atoms with Crippen molar-refractivity contribution in [3.63, 3.8) is 0 Å². The maximum absolute atomic E-state index is 12.3. The standard InChI is InChI=1S/C15H28N2O/c1-10-8-11(4-5-13(10)16)14(18)17-12-6-7-15(2,3)9-12/h10-13H,4-9,16H2,1-3H3,(H,17,18). The van der Waals surface area contributed by atoms with E-state index >= 15 is 0 Å². The molecule has 0 bridgehead atoms. The van der Waals surface area contributed by atoms with Crippen molar-refractivity contribution in [2.75, 3.05) is 0 Å². The average Bonchev–Trinajstić information content (AvgIpc) is 2.62. The van der Waals surface area contributed by atoms with E-state index in [1.165, 1.54) is 6.42 Å². The van der Waals surface area contributed by atoms with Crippen molar-refractivity contribution in [1.82, 2.24) is 5.32 Å². The molecule has 2 aliphatic carbocycles. The molecule has 3 heteroatoms. The van der Waals surface area contributed by atoms with E-state index in [4.69, 9.17) is 5.73 Å². The fraction of sp³-hybridized carbons (Fsp3) is 0.933. The molecule has 18 heavy (non-hydrogen) atoms. The van der Waals surface area contributed by atoms with Gasteiger partial charge in [0.05, 0.1) is 0 Å². The highest BCUT2D eigenvalue weighted by atomic mass is 16.1. The zero-order valence-electron chi connectivity index (χ0n) is 12.0. The van der Waals surface area contributed by atoms with E-state index in [0.717, 1.165) is 32.1 Å². The Morgan fingerprint density at radius 1 is 1.28 bits per heavy atom. The van der Waals surface area contributed by atoms with Gasteiger partial charge in [0.25, 0.3) is 0 Å². The Bertz CT molecular complexity index is 314. The highest BCUT2D eigenvalue weighted by molar-refractivity contribution is 5.79. The van der Waals surface area contributed by atoms with Gasteiger partial charge < -0.3 is 11.1 Å². The van der Waals surface area contributed by atoms with Crippen molar-refractivity contribution < 1.29 is 4.79 Å². The highest BCUT2D eigenvalue weighted by Gasteiger charge is 2.34. The quantitative estimate of drug-likeness (QED) is 0.793. The van der Waals surface area contributed by atoms with Crippen LogP contribution in [0.15, 0.2) is 0 Å². The number of carbonyl (C=O) groups excluding carboxylic acids is 1. The number of hydrogen-bond donors (Lipinski definition) is 2. The molecule has 3 nitrogen and oxygen atoms in total. The summed E-state index contributed by atoms with van der Waals surface area (Å²) >= 11 is 0. The summed E-state index contributed by atoms with van der Waals surface area (Å²) in [5.41, 5.74) is 6.41. The lowest BCUT2D eigenvalue weighted by Crippen LogP contribution is -2.43. The van der Waals surface area contributed by atoms with Gasteiger partial charge in [0.2, 0.25) is 5.91 Å². The molecule has 0 aromatic carbocycles. The summed E-state index contributed by atoms with van der Waals surface area (Å²) in [5.74, 6) is 0.953. The third-order valence-electron chi connectivity index (χ3n) is 4.92. The Morgan fingerprint density at radius 2 is 2.00 bits per heavy atom. The molecular formula is C15H28N2O. The summed E-state index contributed by atoms with van der Waals surface area (Å²) in [5, 5.41) is 3.26. The van der Waals surface area contributed by atoms with Gasteiger partial charge in [0.1, 0.15) is 0 Å². The number of hydrogen-bond acceptors (Lipinski definition) is 2. The molecule has 3 N–H and O–H groups in total. The molecule has 2 aliphatic rings. The average molecular weight is 252 g/mol. The number of carbonyl (C=O) groups is 1. The maximum Gasteiger partial charge on any atom is 0.223 e. The summed E-state index contributed by atoms with van der Waals surface area (Å²) in [4.78, 5) is 12.3. The summed E-state index contributed by atoms with van der Waals surface area (Å²) < 4.78 is 0. The molecule has 0 aromatic rings. The lowest BCUT2D eigenvalue weighted by atomic mass is 9.79. The Kier molecular flexibility index (Phi) is 4.00. The molecule has 0 aliphatic heterocycles. The van der Waals surface area contributed by atoms with Gasteiger partial charge in [-0.15, -0.1) is 0 Å². The zero-order valence-corrected chi connectivity index (χ0v) is 12.0. The Labute approximate surface area is 111 Å². The lowest BCUT2D eigenvalue weighted by molar-refractivity contribution is -0.127. The molecule has 104 valence electrons. The van der Waals surface area contributed by atoms with Crippen molar-refractivity contribution in [2.45, 2.75) is 71.4 Å². The third kappa shape index (κ3) is 3.25. The van der Waals surface area contributed by atoms with E-state index in [-0.39, 0.29) is 11.8 Å². The van der Waals surface area contributed by atoms with Crippen LogP contribution in [0.25, 0.3) is 0 Å². The predicted octanol–water partition coefficient (Wildman–Crippen LogP) is 2.44. The molecule has 0 spiro atoms. The normalized spacial score (nSPS) is 39.6. The van der Waals surface area contributed by atoms with Gasteiger partial charge in [-0.25, -0.2) is 0 Å². The van der Waals surface area contributed by atoms with Crippen molar-refractivity contribution in [1.29, 1.82) is 0 Å². The molecule has 2 fully saturated rings. The zero-order chi connectivity index (χ0) is 13.3. The van der Waals surface area contributed by atoms with Crippen LogP contribution in [-0.2, 0) is 4.79 Å². The van der Waals surface area contributed by atoms with E-state index in [1.54, 1.807) is 0 Å². The first-order valence-corrected chi connectivity index (χ1v) is 7.43. The minimum Gasteiger partial charge on any atom is -0.353 e. The van der Waals surface area contributed by atoms with Crippen LogP contribution in [0.5, 0.6) is 0 Å². The first-order chi connectivity index (χ1) is 8.37. The first-order valence-electron chi connectivity index (χ1n) is 7.43. The van der Waals surface area contributed by atoms with Gasteiger partial charge in [-0.05, 0) is 49.9 Å². The summed E-state index contributed by atoms with van der Waals surface area (Å²) in [7, 11) is 0. The van der Waals surface area contributed by atoms with Crippen LogP contribution in [0, 0.1) is 17.3 Å². The van der Waals surface area contributed by atoms with Crippen LogP contribution >= 0.6 is 0 Å². The van der Waals surface area contributed by atoms with E-state index in [1.807, 2.05) is 0 Å². The molecule has 4 atom stereocenters. The highest BCUT2D eigenvalue weighted by Crippen LogP contribution is 2.37. The fourth-order valence-electron chi connectivity index (χ4n) is 3.54. The Balaban J connectivity index is 1.82. The third-order valence-corrected chi connectivity index (χ3v) is 4.92. The van der Waals surface area contributed by atoms with E-state index in [9.17, 15) is 4.79 Å². The monoisotopic (exact) mass is 252 g/mol. The first kappa shape index (κ1) is 13.9. The fourth-order valence-corrected chi connectivity index (χ4v) is 3.54. The molecule has 2 rings (SSSR count). The minimum atomic E-state index is 0.198. The van der Waals surface area contributed by atoms with Crippen LogP contribution in [0.1, 0.15) is 59.3 Å². The van der Waals surface area contributed by atoms with Gasteiger partial charge in [-0.3, -0.25) is 4.79 Å². The van der Waals surface area contributed by atoms with E-state index < -0.39 is 0 Å². The van der Waals surface area contributed by atoms with Gasteiger partial charge in [0.15, 0.2) is 0 Å². The number of nitrogens with two attached hydrogens (primary N) is 1. The molecule has 2 saturated carbocycles. The van der Waals surface area contributed by atoms with Gasteiger partial charge in [-0.1, -0.05) is 20.8 Å². The van der Waals surface area contributed by atoms with Gasteiger partial charge in [-0.2, -0.15) is 0 Å². The number of amides is 1. The van der Waals surface area contributed by atoms with Crippen LogP contribution in [0.2, 0.25) is 0 Å². The van der Waals surface area contributed by atoms with Crippen LogP contribution in [0.4, 0.5) is 0 Å². The van der Waals surface area contributed by atoms with Gasteiger partial charge in [0, 0.05) is 18.0 Å². The van der Waals surface area contributed by atoms with Crippen molar-refractivity contribution in [3.8, 4) is 0 Å². The van der Waals surface area contributed by atoms with Crippen molar-refractivity contribution in [3.05, 3.63) is 0 Å². The SMILES string of the molecule is CC1CC(C(=O)NC2CCC(C)(C)C2)CCC1N. The molecular weight excluding hydrogens is 224 g/mol. The summed E-state index contributed by atoms with van der Waals surface area (Å²) in [6.07, 6.45) is 6.41. The summed E-state index contributed by atoms with van der Waals surface area (Å²) in [6, 6.07) is 0.692. The second-order valence-electron chi connectivity index (χ2n) is 7.26. The lowest BCUT2D eigenvalue weighted by Gasteiger charge is -2.31.